The van der Waals surface area contributed by atoms with Crippen LogP contribution >= 0.6 is 15.9 Å². The Morgan fingerprint density at radius 3 is 2.77 bits per heavy atom. The second-order valence-electron chi connectivity index (χ2n) is 4.71. The molecule has 0 bridgehead atoms. The van der Waals surface area contributed by atoms with Crippen molar-refractivity contribution in [2.24, 2.45) is 0 Å². The molecule has 0 radical (unpaired) electrons. The molecule has 2 aromatic carbocycles. The van der Waals surface area contributed by atoms with Crippen molar-refractivity contribution in [2.75, 3.05) is 11.9 Å². The lowest BCUT2D eigenvalue weighted by molar-refractivity contribution is -0.118. The Bertz CT molecular complexity index is 691. The number of halogens is 2. The number of amides is 1. The van der Waals surface area contributed by atoms with E-state index in [-0.39, 0.29) is 19.0 Å². The van der Waals surface area contributed by atoms with Crippen LogP contribution in [-0.2, 0) is 11.4 Å². The van der Waals surface area contributed by atoms with Crippen molar-refractivity contribution in [3.8, 4) is 5.75 Å². The minimum atomic E-state index is -0.407. The molecule has 0 atom stereocenters. The molecule has 22 heavy (non-hydrogen) atoms. The summed E-state index contributed by atoms with van der Waals surface area (Å²) in [6, 6.07) is 9.59. The van der Waals surface area contributed by atoms with Gasteiger partial charge in [0.15, 0.2) is 6.61 Å². The smallest absolute Gasteiger partial charge is 0.262 e. The molecule has 0 spiro atoms. The first-order valence-corrected chi connectivity index (χ1v) is 7.37. The van der Waals surface area contributed by atoms with E-state index in [4.69, 9.17) is 4.74 Å². The highest BCUT2D eigenvalue weighted by atomic mass is 79.9. The molecule has 2 N–H and O–H groups in total. The number of aliphatic hydroxyl groups excluding tert-OH is 1. The van der Waals surface area contributed by atoms with Crippen LogP contribution in [0.2, 0.25) is 0 Å². The average molecular weight is 368 g/mol. The number of anilines is 1. The van der Waals surface area contributed by atoms with Gasteiger partial charge in [-0.25, -0.2) is 4.39 Å². The highest BCUT2D eigenvalue weighted by molar-refractivity contribution is 9.10. The summed E-state index contributed by atoms with van der Waals surface area (Å²) in [7, 11) is 0. The van der Waals surface area contributed by atoms with Gasteiger partial charge in [0.2, 0.25) is 0 Å². The molecule has 0 aliphatic carbocycles. The van der Waals surface area contributed by atoms with Crippen LogP contribution in [0, 0.1) is 12.7 Å². The first-order valence-electron chi connectivity index (χ1n) is 6.57. The molecule has 4 nitrogen and oxygen atoms in total. The molecule has 0 aliphatic heterocycles. The molecule has 2 aromatic rings. The number of rotatable bonds is 5. The summed E-state index contributed by atoms with van der Waals surface area (Å²) in [6.45, 7) is 1.22. The van der Waals surface area contributed by atoms with Crippen LogP contribution in [0.1, 0.15) is 11.1 Å². The Balaban J connectivity index is 1.96. The van der Waals surface area contributed by atoms with E-state index in [2.05, 4.69) is 21.2 Å². The number of aryl methyl sites for hydroxylation is 1. The Kier molecular flexibility index (Phi) is 5.51. The third-order valence-corrected chi connectivity index (χ3v) is 3.50. The number of nitrogens with one attached hydrogen (secondary N) is 1. The van der Waals surface area contributed by atoms with Crippen molar-refractivity contribution in [3.05, 3.63) is 57.8 Å². The summed E-state index contributed by atoms with van der Waals surface area (Å²) in [5, 5.41) is 11.8. The summed E-state index contributed by atoms with van der Waals surface area (Å²) in [6.07, 6.45) is 0. The van der Waals surface area contributed by atoms with Crippen molar-refractivity contribution < 1.29 is 19.0 Å². The standard InChI is InChI=1S/C16H15BrFNO3/c1-10-2-4-13(7-14(10)18)19-16(21)9-22-15-5-3-12(17)6-11(15)8-20/h2-7,20H,8-9H2,1H3,(H,19,21). The molecule has 116 valence electrons. The van der Waals surface area contributed by atoms with E-state index in [0.29, 0.717) is 22.6 Å². The molecule has 0 aromatic heterocycles. The minimum absolute atomic E-state index is 0.195. The summed E-state index contributed by atoms with van der Waals surface area (Å²) >= 11 is 3.29. The van der Waals surface area contributed by atoms with Gasteiger partial charge < -0.3 is 15.2 Å². The van der Waals surface area contributed by atoms with Gasteiger partial charge >= 0.3 is 0 Å². The van der Waals surface area contributed by atoms with Crippen molar-refractivity contribution in [2.45, 2.75) is 13.5 Å². The lowest BCUT2D eigenvalue weighted by Gasteiger charge is -2.11. The number of ether oxygens (including phenoxy) is 1. The number of hydrogen-bond donors (Lipinski definition) is 2. The quantitative estimate of drug-likeness (QED) is 0.851. The van der Waals surface area contributed by atoms with E-state index in [1.807, 2.05) is 0 Å². The van der Waals surface area contributed by atoms with Gasteiger partial charge in [-0.2, -0.15) is 0 Å². The Labute approximate surface area is 136 Å². The van der Waals surface area contributed by atoms with Gasteiger partial charge in [-0.05, 0) is 42.8 Å². The molecule has 0 unspecified atom stereocenters. The maximum absolute atomic E-state index is 13.4. The zero-order valence-electron chi connectivity index (χ0n) is 11.9. The van der Waals surface area contributed by atoms with Crippen LogP contribution < -0.4 is 10.1 Å². The van der Waals surface area contributed by atoms with Crippen LogP contribution in [0.15, 0.2) is 40.9 Å². The maximum atomic E-state index is 13.4. The first-order chi connectivity index (χ1) is 10.5. The third kappa shape index (κ3) is 4.29. The molecule has 0 aliphatic rings. The second kappa shape index (κ2) is 7.38. The number of aliphatic hydroxyl groups is 1. The summed E-state index contributed by atoms with van der Waals surface area (Å²) in [5.74, 6) is -0.361. The van der Waals surface area contributed by atoms with Gasteiger partial charge in [0, 0.05) is 15.7 Å². The lowest BCUT2D eigenvalue weighted by atomic mass is 10.2. The zero-order chi connectivity index (χ0) is 16.1. The van der Waals surface area contributed by atoms with Crippen molar-refractivity contribution in [3.63, 3.8) is 0 Å². The second-order valence-corrected chi connectivity index (χ2v) is 5.63. The highest BCUT2D eigenvalue weighted by Crippen LogP contribution is 2.23. The van der Waals surface area contributed by atoms with Crippen molar-refractivity contribution in [1.82, 2.24) is 0 Å². The predicted octanol–water partition coefficient (Wildman–Crippen LogP) is 3.41. The normalized spacial score (nSPS) is 10.4. The number of benzene rings is 2. The first kappa shape index (κ1) is 16.5. The molecule has 0 heterocycles. The van der Waals surface area contributed by atoms with Gasteiger partial charge in [-0.3, -0.25) is 4.79 Å². The molecular weight excluding hydrogens is 353 g/mol. The monoisotopic (exact) mass is 367 g/mol. The predicted molar refractivity (Wildman–Crippen MR) is 85.3 cm³/mol. The third-order valence-electron chi connectivity index (χ3n) is 3.01. The molecule has 1 amide bonds. The van der Waals surface area contributed by atoms with Crippen LogP contribution in [0.3, 0.4) is 0 Å². The number of hydrogen-bond acceptors (Lipinski definition) is 3. The van der Waals surface area contributed by atoms with E-state index in [1.165, 1.54) is 6.07 Å². The Hall–Kier alpha value is -1.92. The summed E-state index contributed by atoms with van der Waals surface area (Å²) < 4.78 is 19.6. The SMILES string of the molecule is Cc1ccc(NC(=O)COc2ccc(Br)cc2CO)cc1F. The van der Waals surface area contributed by atoms with E-state index >= 15 is 0 Å². The highest BCUT2D eigenvalue weighted by Gasteiger charge is 2.08. The fourth-order valence-corrected chi connectivity index (χ4v) is 2.23. The van der Waals surface area contributed by atoms with E-state index in [1.54, 1.807) is 37.3 Å². The van der Waals surface area contributed by atoms with E-state index < -0.39 is 5.91 Å². The van der Waals surface area contributed by atoms with E-state index in [9.17, 15) is 14.3 Å². The lowest BCUT2D eigenvalue weighted by Crippen LogP contribution is -2.20. The van der Waals surface area contributed by atoms with Gasteiger partial charge in [0.05, 0.1) is 6.61 Å². The molecule has 6 heteroatoms. The topological polar surface area (TPSA) is 58.6 Å². The Morgan fingerprint density at radius 1 is 1.32 bits per heavy atom. The van der Waals surface area contributed by atoms with Crippen LogP contribution in [0.4, 0.5) is 10.1 Å². The van der Waals surface area contributed by atoms with Crippen LogP contribution in [0.5, 0.6) is 5.75 Å². The molecule has 0 fully saturated rings. The summed E-state index contributed by atoms with van der Waals surface area (Å²) in [4.78, 5) is 11.8. The minimum Gasteiger partial charge on any atom is -0.483 e. The molecule has 0 saturated carbocycles. The van der Waals surface area contributed by atoms with Gasteiger partial charge in [0.25, 0.3) is 5.91 Å². The van der Waals surface area contributed by atoms with Crippen LogP contribution in [-0.4, -0.2) is 17.6 Å². The fourth-order valence-electron chi connectivity index (χ4n) is 1.82. The van der Waals surface area contributed by atoms with Gasteiger partial charge in [-0.1, -0.05) is 22.0 Å². The summed E-state index contributed by atoms with van der Waals surface area (Å²) in [5.41, 5.74) is 1.45. The zero-order valence-corrected chi connectivity index (χ0v) is 13.5. The Morgan fingerprint density at radius 2 is 2.09 bits per heavy atom. The fraction of sp³-hybridized carbons (Fsp3) is 0.188. The van der Waals surface area contributed by atoms with Crippen LogP contribution in [0.25, 0.3) is 0 Å². The number of carbonyl (C=O) groups excluding carboxylic acids is 1. The van der Waals surface area contributed by atoms with E-state index in [0.717, 1.165) is 4.47 Å². The molecular formula is C16H15BrFNO3. The molecule has 2 rings (SSSR count). The van der Waals surface area contributed by atoms with Crippen molar-refractivity contribution >= 4 is 27.5 Å². The number of carbonyl (C=O) groups is 1. The maximum Gasteiger partial charge on any atom is 0.262 e. The largest absolute Gasteiger partial charge is 0.483 e. The molecule has 0 saturated heterocycles. The van der Waals surface area contributed by atoms with Crippen molar-refractivity contribution in [1.29, 1.82) is 0 Å². The van der Waals surface area contributed by atoms with Gasteiger partial charge in [-0.15, -0.1) is 0 Å². The van der Waals surface area contributed by atoms with Gasteiger partial charge in [0.1, 0.15) is 11.6 Å². The average Bonchev–Trinajstić information content (AvgIpc) is 2.49.